The molecule has 4 rings (SSSR count). The highest BCUT2D eigenvalue weighted by molar-refractivity contribution is 6.11. The van der Waals surface area contributed by atoms with Gasteiger partial charge in [0.05, 0.1) is 19.9 Å². The second-order valence-electron chi connectivity index (χ2n) is 5.87. The maximum atomic E-state index is 12.9. The standard InChI is InChI=1S/C21H17NO3/c1-24-19-11-16-10-18(22-17(16)12-20(19)25-2)21(23)15-8-7-13-5-3-4-6-14(13)9-15/h3-12,22H,1-2H3. The zero-order valence-corrected chi connectivity index (χ0v) is 14.0. The van der Waals surface area contributed by atoms with Gasteiger partial charge in [-0.25, -0.2) is 0 Å². The number of aromatic amines is 1. The van der Waals surface area contributed by atoms with E-state index in [1.807, 2.05) is 60.7 Å². The normalized spacial score (nSPS) is 11.0. The van der Waals surface area contributed by atoms with Crippen molar-refractivity contribution in [3.8, 4) is 11.5 Å². The molecule has 0 bridgehead atoms. The summed E-state index contributed by atoms with van der Waals surface area (Å²) in [5.74, 6) is 1.22. The Morgan fingerprint density at radius 2 is 1.52 bits per heavy atom. The van der Waals surface area contributed by atoms with Crippen LogP contribution in [0.5, 0.6) is 11.5 Å². The summed E-state index contributed by atoms with van der Waals surface area (Å²) in [6.07, 6.45) is 0. The van der Waals surface area contributed by atoms with Gasteiger partial charge in [0.2, 0.25) is 5.78 Å². The summed E-state index contributed by atoms with van der Waals surface area (Å²) in [6, 6.07) is 19.3. The van der Waals surface area contributed by atoms with Gasteiger partial charge in [0.15, 0.2) is 11.5 Å². The van der Waals surface area contributed by atoms with Crippen LogP contribution in [0.2, 0.25) is 0 Å². The van der Waals surface area contributed by atoms with Crippen molar-refractivity contribution in [3.05, 3.63) is 71.9 Å². The van der Waals surface area contributed by atoms with E-state index in [2.05, 4.69) is 4.98 Å². The SMILES string of the molecule is COc1cc2cc(C(=O)c3ccc4ccccc4c3)[nH]c2cc1OC. The van der Waals surface area contributed by atoms with Gasteiger partial charge in [-0.1, -0.05) is 36.4 Å². The molecule has 1 aromatic heterocycles. The summed E-state index contributed by atoms with van der Waals surface area (Å²) in [7, 11) is 3.19. The lowest BCUT2D eigenvalue weighted by molar-refractivity contribution is 0.103. The summed E-state index contributed by atoms with van der Waals surface area (Å²) in [5, 5.41) is 3.07. The van der Waals surface area contributed by atoms with Gasteiger partial charge in [0.25, 0.3) is 0 Å². The minimum absolute atomic E-state index is 0.0418. The fourth-order valence-electron chi connectivity index (χ4n) is 3.07. The third kappa shape index (κ3) is 2.62. The van der Waals surface area contributed by atoms with Crippen LogP contribution in [0.4, 0.5) is 0 Å². The predicted molar refractivity (Wildman–Crippen MR) is 98.8 cm³/mol. The number of H-pyrrole nitrogens is 1. The zero-order chi connectivity index (χ0) is 17.4. The molecule has 4 aromatic rings. The largest absolute Gasteiger partial charge is 0.493 e. The number of nitrogens with one attached hydrogen (secondary N) is 1. The minimum Gasteiger partial charge on any atom is -0.493 e. The third-order valence-corrected chi connectivity index (χ3v) is 4.38. The van der Waals surface area contributed by atoms with Crippen LogP contribution in [0.1, 0.15) is 16.1 Å². The fraction of sp³-hybridized carbons (Fsp3) is 0.0952. The van der Waals surface area contributed by atoms with E-state index >= 15 is 0 Å². The molecule has 0 fully saturated rings. The Balaban J connectivity index is 1.78. The zero-order valence-electron chi connectivity index (χ0n) is 14.0. The van der Waals surface area contributed by atoms with E-state index < -0.39 is 0 Å². The Hall–Kier alpha value is -3.27. The van der Waals surface area contributed by atoms with E-state index in [4.69, 9.17) is 9.47 Å². The molecule has 0 aliphatic heterocycles. The Morgan fingerprint density at radius 3 is 2.28 bits per heavy atom. The average molecular weight is 331 g/mol. The molecule has 4 heteroatoms. The molecule has 0 saturated carbocycles. The molecule has 0 aliphatic rings. The van der Waals surface area contributed by atoms with E-state index in [9.17, 15) is 4.79 Å². The number of hydrogen-bond acceptors (Lipinski definition) is 3. The van der Waals surface area contributed by atoms with Gasteiger partial charge in [0, 0.05) is 22.5 Å². The van der Waals surface area contributed by atoms with Gasteiger partial charge in [0.1, 0.15) is 0 Å². The van der Waals surface area contributed by atoms with E-state index in [1.54, 1.807) is 14.2 Å². The summed E-state index contributed by atoms with van der Waals surface area (Å²) < 4.78 is 10.6. The van der Waals surface area contributed by atoms with Crippen molar-refractivity contribution in [1.82, 2.24) is 4.98 Å². The van der Waals surface area contributed by atoms with Crippen LogP contribution >= 0.6 is 0 Å². The molecule has 124 valence electrons. The summed E-state index contributed by atoms with van der Waals surface area (Å²) in [5.41, 5.74) is 2.03. The number of benzene rings is 3. The summed E-state index contributed by atoms with van der Waals surface area (Å²) >= 11 is 0. The Kier molecular flexibility index (Phi) is 3.65. The van der Waals surface area contributed by atoms with Crippen LogP contribution in [0.3, 0.4) is 0 Å². The number of methoxy groups -OCH3 is 2. The Morgan fingerprint density at radius 1 is 0.800 bits per heavy atom. The minimum atomic E-state index is -0.0418. The van der Waals surface area contributed by atoms with Crippen LogP contribution in [0, 0.1) is 0 Å². The second-order valence-corrected chi connectivity index (χ2v) is 5.87. The number of ether oxygens (including phenoxy) is 2. The molecule has 0 spiro atoms. The Labute approximate surface area is 145 Å². The van der Waals surface area contributed by atoms with Gasteiger partial charge in [-0.15, -0.1) is 0 Å². The molecule has 0 radical (unpaired) electrons. The van der Waals surface area contributed by atoms with Crippen molar-refractivity contribution in [2.24, 2.45) is 0 Å². The van der Waals surface area contributed by atoms with Crippen molar-refractivity contribution < 1.29 is 14.3 Å². The number of carbonyl (C=O) groups is 1. The number of rotatable bonds is 4. The van der Waals surface area contributed by atoms with Crippen LogP contribution < -0.4 is 9.47 Å². The van der Waals surface area contributed by atoms with E-state index in [0.29, 0.717) is 22.8 Å². The van der Waals surface area contributed by atoms with Crippen molar-refractivity contribution in [1.29, 1.82) is 0 Å². The molecular weight excluding hydrogens is 314 g/mol. The first-order chi connectivity index (χ1) is 12.2. The molecular formula is C21H17NO3. The Bertz CT molecular complexity index is 1050. The molecule has 0 amide bonds. The van der Waals surface area contributed by atoms with E-state index in [0.717, 1.165) is 21.7 Å². The lowest BCUT2D eigenvalue weighted by Crippen LogP contribution is -2.01. The van der Waals surface area contributed by atoms with Crippen LogP contribution in [-0.2, 0) is 0 Å². The summed E-state index contributed by atoms with van der Waals surface area (Å²) in [4.78, 5) is 16.1. The van der Waals surface area contributed by atoms with E-state index in [-0.39, 0.29) is 5.78 Å². The van der Waals surface area contributed by atoms with Crippen molar-refractivity contribution in [2.45, 2.75) is 0 Å². The number of aromatic nitrogens is 1. The van der Waals surface area contributed by atoms with Gasteiger partial charge in [-0.3, -0.25) is 4.79 Å². The molecule has 25 heavy (non-hydrogen) atoms. The van der Waals surface area contributed by atoms with Crippen molar-refractivity contribution in [2.75, 3.05) is 14.2 Å². The van der Waals surface area contributed by atoms with Crippen LogP contribution in [-0.4, -0.2) is 25.0 Å². The first kappa shape index (κ1) is 15.3. The number of carbonyl (C=O) groups excluding carboxylic acids is 1. The monoisotopic (exact) mass is 331 g/mol. The van der Waals surface area contributed by atoms with Gasteiger partial charge < -0.3 is 14.5 Å². The lowest BCUT2D eigenvalue weighted by atomic mass is 10.0. The number of fused-ring (bicyclic) bond motifs is 2. The van der Waals surface area contributed by atoms with Crippen molar-refractivity contribution in [3.63, 3.8) is 0 Å². The lowest BCUT2D eigenvalue weighted by Gasteiger charge is -2.06. The predicted octanol–water partition coefficient (Wildman–Crippen LogP) is 4.57. The molecule has 3 aromatic carbocycles. The first-order valence-corrected chi connectivity index (χ1v) is 7.98. The second kappa shape index (κ2) is 5.98. The highest BCUT2D eigenvalue weighted by Gasteiger charge is 2.15. The third-order valence-electron chi connectivity index (χ3n) is 4.38. The quantitative estimate of drug-likeness (QED) is 0.557. The van der Waals surface area contributed by atoms with E-state index in [1.165, 1.54) is 0 Å². The molecule has 1 heterocycles. The van der Waals surface area contributed by atoms with Crippen LogP contribution in [0.25, 0.3) is 21.7 Å². The van der Waals surface area contributed by atoms with Crippen LogP contribution in [0.15, 0.2) is 60.7 Å². The molecule has 0 unspecified atom stereocenters. The maximum Gasteiger partial charge on any atom is 0.209 e. The van der Waals surface area contributed by atoms with Gasteiger partial charge >= 0.3 is 0 Å². The highest BCUT2D eigenvalue weighted by atomic mass is 16.5. The van der Waals surface area contributed by atoms with Gasteiger partial charge in [-0.2, -0.15) is 0 Å². The topological polar surface area (TPSA) is 51.3 Å². The molecule has 4 nitrogen and oxygen atoms in total. The molecule has 0 aliphatic carbocycles. The summed E-state index contributed by atoms with van der Waals surface area (Å²) in [6.45, 7) is 0. The first-order valence-electron chi connectivity index (χ1n) is 7.98. The molecule has 1 N–H and O–H groups in total. The van der Waals surface area contributed by atoms with Gasteiger partial charge in [-0.05, 0) is 29.0 Å². The average Bonchev–Trinajstić information content (AvgIpc) is 3.08. The number of ketones is 1. The maximum absolute atomic E-state index is 12.9. The highest BCUT2D eigenvalue weighted by Crippen LogP contribution is 2.32. The van der Waals surface area contributed by atoms with Crippen molar-refractivity contribution >= 4 is 27.5 Å². The molecule has 0 saturated heterocycles. The number of hydrogen-bond donors (Lipinski definition) is 1. The molecule has 0 atom stereocenters. The smallest absolute Gasteiger partial charge is 0.209 e. The fourth-order valence-corrected chi connectivity index (χ4v) is 3.07.